The highest BCUT2D eigenvalue weighted by atomic mass is 16.5. The Labute approximate surface area is 129 Å². The maximum Gasteiger partial charge on any atom is 0.185 e. The minimum absolute atomic E-state index is 0.0390. The van der Waals surface area contributed by atoms with E-state index in [1.54, 1.807) is 44.6 Å². The van der Waals surface area contributed by atoms with Crippen LogP contribution in [0.5, 0.6) is 11.5 Å². The van der Waals surface area contributed by atoms with Crippen LogP contribution in [0.15, 0.2) is 48.5 Å². The number of carbonyl (C=O) groups is 1. The highest BCUT2D eigenvalue weighted by Crippen LogP contribution is 2.29. The molecule has 0 aliphatic carbocycles. The van der Waals surface area contributed by atoms with Crippen LogP contribution in [-0.4, -0.2) is 25.1 Å². The van der Waals surface area contributed by atoms with Gasteiger partial charge in [-0.1, -0.05) is 30.3 Å². The summed E-state index contributed by atoms with van der Waals surface area (Å²) in [5.74, 6) is 1.15. The Morgan fingerprint density at radius 1 is 1.05 bits per heavy atom. The zero-order valence-electron chi connectivity index (χ0n) is 12.6. The van der Waals surface area contributed by atoms with E-state index in [-0.39, 0.29) is 12.4 Å². The largest absolute Gasteiger partial charge is 0.496 e. The Hall–Kier alpha value is -2.59. The number of rotatable bonds is 6. The van der Waals surface area contributed by atoms with Gasteiger partial charge in [-0.3, -0.25) is 4.79 Å². The molecular formula is C18H18O4. The van der Waals surface area contributed by atoms with Crippen molar-refractivity contribution in [1.29, 1.82) is 0 Å². The summed E-state index contributed by atoms with van der Waals surface area (Å²) in [6, 6.07) is 12.3. The molecule has 2 rings (SSSR count). The molecule has 114 valence electrons. The molecule has 2 aromatic rings. The summed E-state index contributed by atoms with van der Waals surface area (Å²) in [6.07, 6.45) is 3.16. The van der Waals surface area contributed by atoms with Crippen LogP contribution in [0.1, 0.15) is 21.5 Å². The van der Waals surface area contributed by atoms with Gasteiger partial charge in [0.05, 0.1) is 26.4 Å². The molecule has 0 atom stereocenters. The van der Waals surface area contributed by atoms with E-state index < -0.39 is 0 Å². The maximum absolute atomic E-state index is 12.2. The van der Waals surface area contributed by atoms with E-state index in [4.69, 9.17) is 14.6 Å². The third kappa shape index (κ3) is 3.54. The van der Waals surface area contributed by atoms with Crippen molar-refractivity contribution in [3.8, 4) is 11.5 Å². The van der Waals surface area contributed by atoms with Crippen LogP contribution in [0.3, 0.4) is 0 Å². The highest BCUT2D eigenvalue weighted by molar-refractivity contribution is 6.07. The smallest absolute Gasteiger partial charge is 0.185 e. The first-order chi connectivity index (χ1) is 10.7. The van der Waals surface area contributed by atoms with Gasteiger partial charge in [0.1, 0.15) is 11.5 Å². The number of ketones is 1. The summed E-state index contributed by atoms with van der Waals surface area (Å²) in [4.78, 5) is 12.2. The van der Waals surface area contributed by atoms with Gasteiger partial charge < -0.3 is 14.6 Å². The van der Waals surface area contributed by atoms with Gasteiger partial charge in [-0.25, -0.2) is 0 Å². The van der Waals surface area contributed by atoms with Crippen molar-refractivity contribution in [2.45, 2.75) is 6.61 Å². The third-order valence-corrected chi connectivity index (χ3v) is 3.29. The second-order valence-electron chi connectivity index (χ2n) is 4.63. The van der Waals surface area contributed by atoms with Crippen molar-refractivity contribution in [1.82, 2.24) is 0 Å². The van der Waals surface area contributed by atoms with Gasteiger partial charge in [-0.15, -0.1) is 0 Å². The Bertz CT molecular complexity index is 650. The first-order valence-electron chi connectivity index (χ1n) is 6.82. The highest BCUT2D eigenvalue weighted by Gasteiger charge is 2.08. The fourth-order valence-corrected chi connectivity index (χ4v) is 2.07. The van der Waals surface area contributed by atoms with Gasteiger partial charge in [0.25, 0.3) is 0 Å². The van der Waals surface area contributed by atoms with Crippen molar-refractivity contribution in [3.63, 3.8) is 0 Å². The number of aliphatic hydroxyl groups is 1. The summed E-state index contributed by atoms with van der Waals surface area (Å²) in [5.41, 5.74) is 2.04. The summed E-state index contributed by atoms with van der Waals surface area (Å²) in [5, 5.41) is 9.01. The van der Waals surface area contributed by atoms with E-state index in [0.717, 1.165) is 5.56 Å². The fourth-order valence-electron chi connectivity index (χ4n) is 2.07. The molecular weight excluding hydrogens is 280 g/mol. The average Bonchev–Trinajstić information content (AvgIpc) is 2.59. The van der Waals surface area contributed by atoms with E-state index >= 15 is 0 Å². The molecule has 0 heterocycles. The number of benzene rings is 2. The van der Waals surface area contributed by atoms with E-state index in [2.05, 4.69) is 0 Å². The minimum atomic E-state index is -0.127. The van der Waals surface area contributed by atoms with E-state index in [9.17, 15) is 4.79 Å². The first kappa shape index (κ1) is 15.8. The third-order valence-electron chi connectivity index (χ3n) is 3.29. The number of carbonyl (C=O) groups excluding carboxylic acids is 1. The molecule has 0 amide bonds. The second kappa shape index (κ2) is 7.43. The molecule has 22 heavy (non-hydrogen) atoms. The maximum atomic E-state index is 12.2. The fraction of sp³-hybridized carbons (Fsp3) is 0.167. The lowest BCUT2D eigenvalue weighted by molar-refractivity contribution is 0.104. The van der Waals surface area contributed by atoms with Crippen LogP contribution in [-0.2, 0) is 6.61 Å². The molecule has 0 aliphatic heterocycles. The summed E-state index contributed by atoms with van der Waals surface area (Å²) in [7, 11) is 3.14. The van der Waals surface area contributed by atoms with Crippen LogP contribution < -0.4 is 9.47 Å². The van der Waals surface area contributed by atoms with E-state index in [0.29, 0.717) is 22.6 Å². The van der Waals surface area contributed by atoms with Crippen molar-refractivity contribution >= 4 is 11.9 Å². The van der Waals surface area contributed by atoms with Crippen LogP contribution in [0.2, 0.25) is 0 Å². The lowest BCUT2D eigenvalue weighted by Gasteiger charge is -2.09. The number of aliphatic hydroxyl groups excluding tert-OH is 1. The van der Waals surface area contributed by atoms with Gasteiger partial charge >= 0.3 is 0 Å². The molecule has 1 N–H and O–H groups in total. The molecule has 0 radical (unpaired) electrons. The van der Waals surface area contributed by atoms with Gasteiger partial charge in [0.2, 0.25) is 0 Å². The monoisotopic (exact) mass is 298 g/mol. The van der Waals surface area contributed by atoms with Gasteiger partial charge in [-0.05, 0) is 29.8 Å². The van der Waals surface area contributed by atoms with Gasteiger partial charge in [0, 0.05) is 5.56 Å². The lowest BCUT2D eigenvalue weighted by atomic mass is 10.1. The predicted molar refractivity (Wildman–Crippen MR) is 85.3 cm³/mol. The van der Waals surface area contributed by atoms with E-state index in [1.807, 2.05) is 18.2 Å². The second-order valence-corrected chi connectivity index (χ2v) is 4.63. The van der Waals surface area contributed by atoms with E-state index in [1.165, 1.54) is 6.08 Å². The zero-order chi connectivity index (χ0) is 15.9. The summed E-state index contributed by atoms with van der Waals surface area (Å²) >= 11 is 0. The van der Waals surface area contributed by atoms with Crippen LogP contribution in [0.4, 0.5) is 0 Å². The standard InChI is InChI=1S/C18H18O4/c1-21-17-4-3-5-18(22-2)15(17)10-11-16(20)14-8-6-13(12-19)7-9-14/h3-11,19H,12H2,1-2H3/b11-10+. The number of hydrogen-bond donors (Lipinski definition) is 1. The van der Waals surface area contributed by atoms with Crippen molar-refractivity contribution < 1.29 is 19.4 Å². The van der Waals surface area contributed by atoms with Crippen LogP contribution in [0, 0.1) is 0 Å². The average molecular weight is 298 g/mol. The molecule has 0 aromatic heterocycles. The Kier molecular flexibility index (Phi) is 5.33. The van der Waals surface area contributed by atoms with Crippen molar-refractivity contribution in [2.75, 3.05) is 14.2 Å². The predicted octanol–water partition coefficient (Wildman–Crippen LogP) is 3.09. The molecule has 0 aliphatic rings. The summed E-state index contributed by atoms with van der Waals surface area (Å²) < 4.78 is 10.6. The minimum Gasteiger partial charge on any atom is -0.496 e. The molecule has 4 heteroatoms. The zero-order valence-corrected chi connectivity index (χ0v) is 12.6. The molecule has 0 fully saturated rings. The Balaban J connectivity index is 2.25. The Morgan fingerprint density at radius 2 is 1.64 bits per heavy atom. The SMILES string of the molecule is COc1cccc(OC)c1/C=C/C(=O)c1ccc(CO)cc1. The topological polar surface area (TPSA) is 55.8 Å². The van der Waals surface area contributed by atoms with Crippen LogP contribution >= 0.6 is 0 Å². The lowest BCUT2D eigenvalue weighted by Crippen LogP contribution is -1.96. The van der Waals surface area contributed by atoms with Crippen molar-refractivity contribution in [2.24, 2.45) is 0 Å². The normalized spacial score (nSPS) is 10.7. The number of methoxy groups -OCH3 is 2. The number of hydrogen-bond acceptors (Lipinski definition) is 4. The number of ether oxygens (including phenoxy) is 2. The van der Waals surface area contributed by atoms with Crippen molar-refractivity contribution in [3.05, 3.63) is 65.2 Å². The molecule has 0 bridgehead atoms. The molecule has 4 nitrogen and oxygen atoms in total. The molecule has 0 spiro atoms. The molecule has 0 saturated carbocycles. The quantitative estimate of drug-likeness (QED) is 0.657. The van der Waals surface area contributed by atoms with Crippen LogP contribution in [0.25, 0.3) is 6.08 Å². The van der Waals surface area contributed by atoms with Gasteiger partial charge in [-0.2, -0.15) is 0 Å². The molecule has 2 aromatic carbocycles. The first-order valence-corrected chi connectivity index (χ1v) is 6.82. The molecule has 0 unspecified atom stereocenters. The molecule has 0 saturated heterocycles. The number of allylic oxidation sites excluding steroid dienone is 1. The van der Waals surface area contributed by atoms with Gasteiger partial charge in [0.15, 0.2) is 5.78 Å². The Morgan fingerprint density at radius 3 is 2.14 bits per heavy atom. The summed E-state index contributed by atoms with van der Waals surface area (Å²) in [6.45, 7) is -0.0390.